The highest BCUT2D eigenvalue weighted by Crippen LogP contribution is 2.34. The van der Waals surface area contributed by atoms with Gasteiger partial charge in [0.05, 0.1) is 6.04 Å². The number of halogens is 2. The summed E-state index contributed by atoms with van der Waals surface area (Å²) in [6.45, 7) is 0.356. The first kappa shape index (κ1) is 20.9. The Labute approximate surface area is 180 Å². The highest BCUT2D eigenvalue weighted by Gasteiger charge is 2.33. The second-order valence-electron chi connectivity index (χ2n) is 6.90. The SMILES string of the molecule is O=C(Nc1cccc(F)c1)c1nnc([C@H]2CCCN2C(=O)COc2ccc(F)cc2)s1. The highest BCUT2D eigenvalue weighted by molar-refractivity contribution is 7.13. The second-order valence-corrected chi connectivity index (χ2v) is 7.91. The maximum absolute atomic E-state index is 13.3. The van der Waals surface area contributed by atoms with Gasteiger partial charge in [-0.15, -0.1) is 10.2 Å². The average molecular weight is 444 g/mol. The monoisotopic (exact) mass is 444 g/mol. The van der Waals surface area contributed by atoms with E-state index >= 15 is 0 Å². The van der Waals surface area contributed by atoms with Crippen LogP contribution in [0.5, 0.6) is 5.75 Å². The average Bonchev–Trinajstić information content (AvgIpc) is 3.43. The van der Waals surface area contributed by atoms with Gasteiger partial charge in [0, 0.05) is 12.2 Å². The summed E-state index contributed by atoms with van der Waals surface area (Å²) in [4.78, 5) is 26.7. The van der Waals surface area contributed by atoms with Crippen LogP contribution in [0.2, 0.25) is 0 Å². The van der Waals surface area contributed by atoms with Gasteiger partial charge in [0.15, 0.2) is 6.61 Å². The van der Waals surface area contributed by atoms with Crippen molar-refractivity contribution in [3.63, 3.8) is 0 Å². The number of hydrogen-bond donors (Lipinski definition) is 1. The van der Waals surface area contributed by atoms with Crippen molar-refractivity contribution in [3.8, 4) is 5.75 Å². The zero-order chi connectivity index (χ0) is 21.8. The lowest BCUT2D eigenvalue weighted by Crippen LogP contribution is -2.34. The summed E-state index contributed by atoms with van der Waals surface area (Å²) in [5.74, 6) is -1.17. The summed E-state index contributed by atoms with van der Waals surface area (Å²) in [6, 6.07) is 10.7. The lowest BCUT2D eigenvalue weighted by atomic mass is 10.2. The summed E-state index contributed by atoms with van der Waals surface area (Å²) in [5.41, 5.74) is 0.317. The van der Waals surface area contributed by atoms with Crippen molar-refractivity contribution in [3.05, 3.63) is 70.2 Å². The van der Waals surface area contributed by atoms with E-state index in [1.165, 1.54) is 42.5 Å². The van der Waals surface area contributed by atoms with Crippen molar-refractivity contribution < 1.29 is 23.1 Å². The van der Waals surface area contributed by atoms with E-state index < -0.39 is 11.7 Å². The van der Waals surface area contributed by atoms with Crippen molar-refractivity contribution in [2.45, 2.75) is 18.9 Å². The van der Waals surface area contributed by atoms with Crippen LogP contribution in [0, 0.1) is 11.6 Å². The number of nitrogens with zero attached hydrogens (tertiary/aromatic N) is 3. The summed E-state index contributed by atoms with van der Waals surface area (Å²) < 4.78 is 31.7. The predicted octanol–water partition coefficient (Wildman–Crippen LogP) is 3.81. The number of ether oxygens (including phenoxy) is 1. The molecule has 0 unspecified atom stereocenters. The van der Waals surface area contributed by atoms with Gasteiger partial charge in [-0.2, -0.15) is 0 Å². The van der Waals surface area contributed by atoms with Crippen LogP contribution in [0.15, 0.2) is 48.5 Å². The fraction of sp³-hybridized carbons (Fsp3) is 0.238. The number of carbonyl (C=O) groups is 2. The van der Waals surface area contributed by atoms with E-state index in [9.17, 15) is 18.4 Å². The fourth-order valence-corrected chi connectivity index (χ4v) is 4.18. The van der Waals surface area contributed by atoms with Crippen LogP contribution in [-0.4, -0.2) is 40.1 Å². The minimum atomic E-state index is -0.495. The van der Waals surface area contributed by atoms with Crippen molar-refractivity contribution in [1.29, 1.82) is 0 Å². The number of benzene rings is 2. The van der Waals surface area contributed by atoms with Gasteiger partial charge >= 0.3 is 0 Å². The zero-order valence-electron chi connectivity index (χ0n) is 16.3. The number of hydrogen-bond acceptors (Lipinski definition) is 6. The Kier molecular flexibility index (Phi) is 6.17. The molecule has 0 spiro atoms. The molecule has 0 bridgehead atoms. The summed E-state index contributed by atoms with van der Waals surface area (Å²) in [7, 11) is 0. The van der Waals surface area contributed by atoms with Crippen LogP contribution in [0.3, 0.4) is 0 Å². The molecule has 2 aromatic carbocycles. The summed E-state index contributed by atoms with van der Waals surface area (Å²) in [6.07, 6.45) is 1.49. The molecular formula is C21H18F2N4O3S. The Morgan fingerprint density at radius 2 is 1.94 bits per heavy atom. The molecule has 1 aromatic heterocycles. The normalized spacial score (nSPS) is 15.7. The van der Waals surface area contributed by atoms with Gasteiger partial charge < -0.3 is 15.0 Å². The maximum atomic E-state index is 13.3. The van der Waals surface area contributed by atoms with E-state index in [4.69, 9.17) is 4.74 Å². The number of amides is 2. The third kappa shape index (κ3) is 5.02. The van der Waals surface area contributed by atoms with Crippen molar-refractivity contribution in [2.24, 2.45) is 0 Å². The van der Waals surface area contributed by atoms with E-state index in [2.05, 4.69) is 15.5 Å². The van der Waals surface area contributed by atoms with Crippen molar-refractivity contribution in [2.75, 3.05) is 18.5 Å². The Hall–Kier alpha value is -3.40. The van der Waals surface area contributed by atoms with Gasteiger partial charge in [0.1, 0.15) is 22.4 Å². The van der Waals surface area contributed by atoms with Gasteiger partial charge in [0.25, 0.3) is 11.8 Å². The topological polar surface area (TPSA) is 84.4 Å². The number of nitrogens with one attached hydrogen (secondary N) is 1. The molecule has 1 fully saturated rings. The number of likely N-dealkylation sites (tertiary alicyclic amines) is 1. The Morgan fingerprint density at radius 1 is 1.13 bits per heavy atom. The van der Waals surface area contributed by atoms with E-state index in [-0.39, 0.29) is 29.4 Å². The first-order chi connectivity index (χ1) is 15.0. The van der Waals surface area contributed by atoms with Gasteiger partial charge in [-0.3, -0.25) is 9.59 Å². The third-order valence-electron chi connectivity index (χ3n) is 4.75. The molecule has 0 radical (unpaired) electrons. The lowest BCUT2D eigenvalue weighted by Gasteiger charge is -2.22. The molecule has 1 atom stereocenters. The quantitative estimate of drug-likeness (QED) is 0.625. The standard InChI is InChI=1S/C21H18F2N4O3S/c22-13-6-8-16(9-7-13)30-12-18(28)27-10-2-5-17(27)20-25-26-21(31-20)19(29)24-15-4-1-3-14(23)11-15/h1,3-4,6-9,11,17H,2,5,10,12H2,(H,24,29)/t17-/m1/s1. The molecular weight excluding hydrogens is 426 g/mol. The van der Waals surface area contributed by atoms with Crippen LogP contribution in [0.25, 0.3) is 0 Å². The van der Waals surface area contributed by atoms with E-state index in [1.54, 1.807) is 11.0 Å². The summed E-state index contributed by atoms with van der Waals surface area (Å²) >= 11 is 1.09. The first-order valence-electron chi connectivity index (χ1n) is 9.58. The predicted molar refractivity (Wildman–Crippen MR) is 110 cm³/mol. The molecule has 2 amide bonds. The van der Waals surface area contributed by atoms with E-state index in [1.807, 2.05) is 0 Å². The van der Waals surface area contributed by atoms with Crippen molar-refractivity contribution >= 4 is 28.8 Å². The smallest absolute Gasteiger partial charge is 0.286 e. The number of carbonyl (C=O) groups excluding carboxylic acids is 2. The molecule has 1 saturated heterocycles. The maximum Gasteiger partial charge on any atom is 0.286 e. The Balaban J connectivity index is 1.39. The van der Waals surface area contributed by atoms with E-state index in [0.29, 0.717) is 29.4 Å². The number of rotatable bonds is 6. The van der Waals surface area contributed by atoms with Gasteiger partial charge in [0.2, 0.25) is 5.01 Å². The van der Waals surface area contributed by atoms with E-state index in [0.717, 1.165) is 17.8 Å². The van der Waals surface area contributed by atoms with Crippen LogP contribution in [-0.2, 0) is 4.79 Å². The molecule has 7 nitrogen and oxygen atoms in total. The molecule has 2 heterocycles. The number of anilines is 1. The third-order valence-corrected chi connectivity index (χ3v) is 5.77. The van der Waals surface area contributed by atoms with Crippen LogP contribution >= 0.6 is 11.3 Å². The number of aromatic nitrogens is 2. The molecule has 0 saturated carbocycles. The molecule has 0 aliphatic carbocycles. The first-order valence-corrected chi connectivity index (χ1v) is 10.4. The van der Waals surface area contributed by atoms with Crippen molar-refractivity contribution in [1.82, 2.24) is 15.1 Å². The molecule has 4 rings (SSSR count). The Morgan fingerprint density at radius 3 is 2.71 bits per heavy atom. The highest BCUT2D eigenvalue weighted by atomic mass is 32.1. The molecule has 10 heteroatoms. The largest absolute Gasteiger partial charge is 0.484 e. The molecule has 1 aliphatic rings. The fourth-order valence-electron chi connectivity index (χ4n) is 3.29. The molecule has 1 aliphatic heterocycles. The molecule has 1 N–H and O–H groups in total. The van der Waals surface area contributed by atoms with Gasteiger partial charge in [-0.05, 0) is 55.3 Å². The van der Waals surface area contributed by atoms with Crippen LogP contribution in [0.1, 0.15) is 33.7 Å². The molecule has 160 valence electrons. The Bertz CT molecular complexity index is 1090. The zero-order valence-corrected chi connectivity index (χ0v) is 17.1. The van der Waals surface area contributed by atoms with Crippen LogP contribution in [0.4, 0.5) is 14.5 Å². The lowest BCUT2D eigenvalue weighted by molar-refractivity contribution is -0.134. The molecule has 3 aromatic rings. The van der Waals surface area contributed by atoms with Gasteiger partial charge in [-0.25, -0.2) is 8.78 Å². The minimum Gasteiger partial charge on any atom is -0.484 e. The van der Waals surface area contributed by atoms with Gasteiger partial charge in [-0.1, -0.05) is 17.4 Å². The molecule has 31 heavy (non-hydrogen) atoms. The van der Waals surface area contributed by atoms with Crippen LogP contribution < -0.4 is 10.1 Å². The minimum absolute atomic E-state index is 0.126. The summed E-state index contributed by atoms with van der Waals surface area (Å²) in [5, 5.41) is 11.3. The second kappa shape index (κ2) is 9.17.